The van der Waals surface area contributed by atoms with Crippen molar-refractivity contribution in [2.24, 2.45) is 5.41 Å². The van der Waals surface area contributed by atoms with Gasteiger partial charge in [-0.3, -0.25) is 9.63 Å². The minimum absolute atomic E-state index is 0.197. The highest BCUT2D eigenvalue weighted by molar-refractivity contribution is 5.84. The van der Waals surface area contributed by atoms with Crippen molar-refractivity contribution >= 4 is 12.0 Å². The molecular formula is C8H14N2O4. The van der Waals surface area contributed by atoms with Crippen LogP contribution in [-0.4, -0.2) is 54.3 Å². The van der Waals surface area contributed by atoms with E-state index >= 15 is 0 Å². The number of rotatable bonds is 2. The van der Waals surface area contributed by atoms with Gasteiger partial charge in [-0.25, -0.2) is 9.86 Å². The van der Waals surface area contributed by atoms with Gasteiger partial charge >= 0.3 is 6.09 Å². The average molecular weight is 202 g/mol. The largest absolute Gasteiger partial charge is 0.465 e. The summed E-state index contributed by atoms with van der Waals surface area (Å²) in [6, 6.07) is 0. The van der Waals surface area contributed by atoms with Crippen molar-refractivity contribution in [1.29, 1.82) is 0 Å². The van der Waals surface area contributed by atoms with Gasteiger partial charge < -0.3 is 10.0 Å². The van der Waals surface area contributed by atoms with Gasteiger partial charge in [0.15, 0.2) is 0 Å². The topological polar surface area (TPSA) is 70.1 Å². The number of amides is 2. The number of likely N-dealkylation sites (tertiary alicyclic amines) is 1. The molecular weight excluding hydrogens is 188 g/mol. The molecule has 0 radical (unpaired) electrons. The highest BCUT2D eigenvalue weighted by Gasteiger charge is 2.48. The second-order valence-electron chi connectivity index (χ2n) is 3.68. The molecule has 0 aromatic carbocycles. The lowest BCUT2D eigenvalue weighted by Crippen LogP contribution is -2.62. The lowest BCUT2D eigenvalue weighted by molar-refractivity contribution is -0.187. The van der Waals surface area contributed by atoms with Crippen LogP contribution >= 0.6 is 0 Å². The van der Waals surface area contributed by atoms with E-state index in [0.29, 0.717) is 0 Å². The van der Waals surface area contributed by atoms with Crippen molar-refractivity contribution in [2.75, 3.05) is 27.2 Å². The van der Waals surface area contributed by atoms with E-state index in [4.69, 9.17) is 9.94 Å². The summed E-state index contributed by atoms with van der Waals surface area (Å²) in [5.74, 6) is -0.197. The molecule has 14 heavy (non-hydrogen) atoms. The summed E-state index contributed by atoms with van der Waals surface area (Å²) in [7, 11) is 2.91. The van der Waals surface area contributed by atoms with Gasteiger partial charge in [0.05, 0.1) is 12.5 Å². The Bertz CT molecular complexity index is 260. The molecule has 6 nitrogen and oxygen atoms in total. The smallest absolute Gasteiger partial charge is 0.407 e. The van der Waals surface area contributed by atoms with Gasteiger partial charge in [-0.15, -0.1) is 0 Å². The highest BCUT2D eigenvalue weighted by Crippen LogP contribution is 2.31. The summed E-state index contributed by atoms with van der Waals surface area (Å²) in [6.07, 6.45) is -0.990. The summed E-state index contributed by atoms with van der Waals surface area (Å²) in [5.41, 5.74) is -0.636. The van der Waals surface area contributed by atoms with E-state index in [2.05, 4.69) is 0 Å². The lowest BCUT2D eigenvalue weighted by atomic mass is 9.81. The first-order valence-corrected chi connectivity index (χ1v) is 4.21. The number of hydrogen-bond acceptors (Lipinski definition) is 3. The molecule has 2 amide bonds. The van der Waals surface area contributed by atoms with Gasteiger partial charge in [0.1, 0.15) is 0 Å². The summed E-state index contributed by atoms with van der Waals surface area (Å²) in [6.45, 7) is 2.19. The van der Waals surface area contributed by atoms with Crippen LogP contribution in [0.25, 0.3) is 0 Å². The molecule has 1 saturated heterocycles. The van der Waals surface area contributed by atoms with Gasteiger partial charge in [0, 0.05) is 20.1 Å². The van der Waals surface area contributed by atoms with Crippen LogP contribution in [0.5, 0.6) is 0 Å². The second-order valence-corrected chi connectivity index (χ2v) is 3.68. The van der Waals surface area contributed by atoms with Crippen LogP contribution in [0.1, 0.15) is 6.92 Å². The molecule has 1 aliphatic heterocycles. The van der Waals surface area contributed by atoms with E-state index in [1.165, 1.54) is 19.1 Å². The van der Waals surface area contributed by atoms with E-state index in [1.807, 2.05) is 0 Å². The molecule has 0 atom stereocenters. The molecule has 1 rings (SSSR count). The standard InChI is InChI=1S/C8H14N2O4/c1-8(6(11)9(2)14-3)4-10(5-8)7(12)13/h4-5H2,1-3H3,(H,12,13). The van der Waals surface area contributed by atoms with Gasteiger partial charge in [0.25, 0.3) is 5.91 Å². The number of carbonyl (C=O) groups excluding carboxylic acids is 1. The molecule has 0 unspecified atom stereocenters. The molecule has 0 spiro atoms. The molecule has 1 fully saturated rings. The third kappa shape index (κ3) is 1.65. The first-order chi connectivity index (χ1) is 6.40. The molecule has 6 heteroatoms. The maximum atomic E-state index is 11.6. The third-order valence-electron chi connectivity index (χ3n) is 2.43. The molecule has 1 heterocycles. The zero-order valence-electron chi connectivity index (χ0n) is 8.48. The van der Waals surface area contributed by atoms with E-state index in [-0.39, 0.29) is 19.0 Å². The van der Waals surface area contributed by atoms with E-state index in [0.717, 1.165) is 5.06 Å². The summed E-state index contributed by atoms with van der Waals surface area (Å²) >= 11 is 0. The van der Waals surface area contributed by atoms with E-state index in [1.54, 1.807) is 6.92 Å². The van der Waals surface area contributed by atoms with Crippen molar-refractivity contribution in [3.63, 3.8) is 0 Å². The number of nitrogens with zero attached hydrogens (tertiary/aromatic N) is 2. The molecule has 0 bridgehead atoms. The number of hydrogen-bond donors (Lipinski definition) is 1. The monoisotopic (exact) mass is 202 g/mol. The Kier molecular flexibility index (Phi) is 2.66. The molecule has 0 aromatic heterocycles. The Balaban J connectivity index is 2.55. The minimum Gasteiger partial charge on any atom is -0.465 e. The Morgan fingerprint density at radius 2 is 2.00 bits per heavy atom. The molecule has 0 aromatic rings. The van der Waals surface area contributed by atoms with Crippen LogP contribution in [0.2, 0.25) is 0 Å². The van der Waals surface area contributed by atoms with Crippen LogP contribution in [0.4, 0.5) is 4.79 Å². The van der Waals surface area contributed by atoms with Crippen LogP contribution in [-0.2, 0) is 9.63 Å². The Hall–Kier alpha value is -1.30. The molecule has 1 aliphatic rings. The fraction of sp³-hybridized carbons (Fsp3) is 0.750. The summed E-state index contributed by atoms with van der Waals surface area (Å²) in [5, 5.41) is 9.74. The maximum Gasteiger partial charge on any atom is 0.407 e. The van der Waals surface area contributed by atoms with Crippen LogP contribution in [0.15, 0.2) is 0 Å². The minimum atomic E-state index is -0.990. The summed E-state index contributed by atoms with van der Waals surface area (Å²) in [4.78, 5) is 28.1. The van der Waals surface area contributed by atoms with E-state index in [9.17, 15) is 9.59 Å². The number of carbonyl (C=O) groups is 2. The fourth-order valence-electron chi connectivity index (χ4n) is 1.53. The molecule has 0 saturated carbocycles. The SMILES string of the molecule is CON(C)C(=O)C1(C)CN(C(=O)O)C1. The fourth-order valence-corrected chi connectivity index (χ4v) is 1.53. The first-order valence-electron chi connectivity index (χ1n) is 4.21. The first kappa shape index (κ1) is 10.8. The molecule has 1 N–H and O–H groups in total. The quantitative estimate of drug-likeness (QED) is 0.640. The predicted octanol–water partition coefficient (Wildman–Crippen LogP) is 0.00610. The Labute approximate surface area is 82.0 Å². The van der Waals surface area contributed by atoms with Gasteiger partial charge in [-0.05, 0) is 6.92 Å². The maximum absolute atomic E-state index is 11.6. The van der Waals surface area contributed by atoms with Crippen molar-refractivity contribution in [2.45, 2.75) is 6.92 Å². The average Bonchev–Trinajstić information content (AvgIpc) is 2.09. The van der Waals surface area contributed by atoms with Crippen molar-refractivity contribution in [3.8, 4) is 0 Å². The van der Waals surface area contributed by atoms with Gasteiger partial charge in [-0.2, -0.15) is 0 Å². The summed E-state index contributed by atoms with van der Waals surface area (Å²) < 4.78 is 0. The predicted molar refractivity (Wildman–Crippen MR) is 47.5 cm³/mol. The lowest BCUT2D eigenvalue weighted by Gasteiger charge is -2.45. The second kappa shape index (κ2) is 3.45. The Morgan fingerprint density at radius 1 is 1.50 bits per heavy atom. The van der Waals surface area contributed by atoms with Gasteiger partial charge in [-0.1, -0.05) is 0 Å². The third-order valence-corrected chi connectivity index (χ3v) is 2.43. The zero-order valence-corrected chi connectivity index (χ0v) is 8.48. The van der Waals surface area contributed by atoms with E-state index < -0.39 is 11.5 Å². The van der Waals surface area contributed by atoms with Crippen molar-refractivity contribution in [1.82, 2.24) is 9.96 Å². The van der Waals surface area contributed by atoms with Crippen LogP contribution < -0.4 is 0 Å². The normalized spacial score (nSPS) is 18.6. The van der Waals surface area contributed by atoms with Crippen molar-refractivity contribution in [3.05, 3.63) is 0 Å². The highest BCUT2D eigenvalue weighted by atomic mass is 16.7. The molecule has 80 valence electrons. The van der Waals surface area contributed by atoms with Crippen LogP contribution in [0.3, 0.4) is 0 Å². The molecule has 0 aliphatic carbocycles. The van der Waals surface area contributed by atoms with Gasteiger partial charge in [0.2, 0.25) is 0 Å². The van der Waals surface area contributed by atoms with Crippen molar-refractivity contribution < 1.29 is 19.5 Å². The Morgan fingerprint density at radius 3 is 2.36 bits per heavy atom. The number of hydroxylamine groups is 2. The zero-order chi connectivity index (χ0) is 10.9. The number of carboxylic acid groups (broad SMARTS) is 1. The van der Waals surface area contributed by atoms with Crippen LogP contribution in [0, 0.1) is 5.41 Å².